The van der Waals surface area contributed by atoms with Crippen LogP contribution in [-0.2, 0) is 4.79 Å². The number of aryl methyl sites for hydroxylation is 1. The van der Waals surface area contributed by atoms with Crippen LogP contribution in [-0.4, -0.2) is 25.9 Å². The van der Waals surface area contributed by atoms with Crippen LogP contribution >= 0.6 is 58.0 Å². The Morgan fingerprint density at radius 3 is 2.39 bits per heavy atom. The average Bonchev–Trinajstić information content (AvgIpc) is 3.24. The Labute approximate surface area is 231 Å². The number of hydrogen-bond donors (Lipinski definition) is 2. The highest BCUT2D eigenvalue weighted by molar-refractivity contribution is 6.53. The molecule has 5 rings (SSSR count). The number of fused-ring (bicyclic) bond motifs is 1. The third-order valence-corrected chi connectivity index (χ3v) is 7.81. The first-order valence-electron chi connectivity index (χ1n) is 10.7. The zero-order valence-electron chi connectivity index (χ0n) is 18.5. The maximum atomic E-state index is 13.4. The van der Waals surface area contributed by atoms with Crippen LogP contribution in [0.4, 0.5) is 11.5 Å². The molecule has 3 N–H and O–H groups in total. The van der Waals surface area contributed by atoms with Crippen molar-refractivity contribution in [3.05, 3.63) is 86.4 Å². The number of nitrogens with two attached hydrogens (primary N) is 1. The summed E-state index contributed by atoms with van der Waals surface area (Å²) in [7, 11) is 0. The second-order valence-electron chi connectivity index (χ2n) is 8.64. The summed E-state index contributed by atoms with van der Waals surface area (Å²) >= 11 is 31.4. The van der Waals surface area contributed by atoms with E-state index < -0.39 is 28.0 Å². The van der Waals surface area contributed by atoms with E-state index in [9.17, 15) is 9.59 Å². The lowest BCUT2D eigenvalue weighted by molar-refractivity contribution is -0.117. The largest absolute Gasteiger partial charge is 0.382 e. The molecule has 184 valence electrons. The Hall–Kier alpha value is -2.48. The van der Waals surface area contributed by atoms with Crippen molar-refractivity contribution < 1.29 is 9.59 Å². The summed E-state index contributed by atoms with van der Waals surface area (Å²) in [4.78, 5) is 26.5. The van der Waals surface area contributed by atoms with Crippen LogP contribution in [0.1, 0.15) is 27.4 Å². The Bertz CT molecular complexity index is 1550. The van der Waals surface area contributed by atoms with Crippen molar-refractivity contribution in [2.45, 2.75) is 17.2 Å². The van der Waals surface area contributed by atoms with Gasteiger partial charge in [-0.15, -0.1) is 28.3 Å². The van der Waals surface area contributed by atoms with Crippen molar-refractivity contribution >= 4 is 92.2 Å². The fourth-order valence-electron chi connectivity index (χ4n) is 4.33. The van der Waals surface area contributed by atoms with E-state index in [-0.39, 0.29) is 16.4 Å². The van der Waals surface area contributed by atoms with Gasteiger partial charge in [-0.3, -0.25) is 9.59 Å². The van der Waals surface area contributed by atoms with Crippen LogP contribution in [0, 0.1) is 12.8 Å². The van der Waals surface area contributed by atoms with Crippen molar-refractivity contribution in [1.82, 2.24) is 9.78 Å². The van der Waals surface area contributed by atoms with Crippen molar-refractivity contribution in [1.29, 1.82) is 0 Å². The maximum absolute atomic E-state index is 13.4. The zero-order chi connectivity index (χ0) is 25.9. The van der Waals surface area contributed by atoms with Gasteiger partial charge in [-0.05, 0) is 66.6 Å². The van der Waals surface area contributed by atoms with Crippen molar-refractivity contribution in [3.8, 4) is 0 Å². The number of nitrogen functional groups attached to an aromatic ring is 1. The molecule has 1 aliphatic carbocycles. The van der Waals surface area contributed by atoms with Crippen molar-refractivity contribution in [2.24, 2.45) is 5.92 Å². The smallest absolute Gasteiger partial charge is 0.280 e. The number of hydrogen-bond acceptors (Lipinski definition) is 4. The first-order chi connectivity index (χ1) is 17.0. The van der Waals surface area contributed by atoms with Gasteiger partial charge in [-0.2, -0.15) is 4.68 Å². The molecule has 1 aliphatic rings. The van der Waals surface area contributed by atoms with Gasteiger partial charge >= 0.3 is 0 Å². The number of aromatic nitrogens is 2. The number of alkyl halides is 2. The molecule has 1 amide bonds. The second kappa shape index (κ2) is 9.12. The maximum Gasteiger partial charge on any atom is 0.280 e. The molecule has 1 fully saturated rings. The number of nitrogens with zero attached hydrogens (tertiary/aromatic N) is 2. The second-order valence-corrected chi connectivity index (χ2v) is 11.4. The Balaban J connectivity index is 1.42. The Morgan fingerprint density at radius 2 is 1.69 bits per heavy atom. The zero-order valence-corrected chi connectivity index (χ0v) is 22.3. The van der Waals surface area contributed by atoms with Crippen molar-refractivity contribution in [3.63, 3.8) is 0 Å². The summed E-state index contributed by atoms with van der Waals surface area (Å²) in [5.74, 6) is -1.97. The molecule has 2 atom stereocenters. The standard InChI is InChI=1S/C25H17Cl5N4O2/c1-11-2-4-16-19(6-11)34(33-22(16)31)24(36)17-10-15(3-5-18(17)28)32-23(35)21-20(25(21,29)30)12-7-13(26)9-14(27)8-12/h2-10,20-21H,1H3,(H2,31,33)(H,32,35)/t20-,21+/m0/s1. The Kier molecular flexibility index (Phi) is 6.38. The third kappa shape index (κ3) is 4.42. The van der Waals surface area contributed by atoms with Crippen molar-refractivity contribution in [2.75, 3.05) is 11.1 Å². The molecule has 0 radical (unpaired) electrons. The molecule has 4 aromatic rings. The molecule has 1 heterocycles. The van der Waals surface area contributed by atoms with E-state index in [0.717, 1.165) is 5.56 Å². The molecule has 0 bridgehead atoms. The molecule has 0 unspecified atom stereocenters. The lowest BCUT2D eigenvalue weighted by Gasteiger charge is -2.10. The van der Waals surface area contributed by atoms with Gasteiger partial charge in [-0.25, -0.2) is 0 Å². The van der Waals surface area contributed by atoms with E-state index in [4.69, 9.17) is 63.7 Å². The van der Waals surface area contributed by atoms with Crippen LogP contribution in [0.2, 0.25) is 15.1 Å². The summed E-state index contributed by atoms with van der Waals surface area (Å²) in [5.41, 5.74) is 8.63. The highest BCUT2D eigenvalue weighted by atomic mass is 35.5. The van der Waals surface area contributed by atoms with E-state index in [0.29, 0.717) is 32.2 Å². The minimum Gasteiger partial charge on any atom is -0.382 e. The number of rotatable bonds is 4. The minimum absolute atomic E-state index is 0.136. The predicted octanol–water partition coefficient (Wildman–Crippen LogP) is 7.10. The number of amides is 1. The van der Waals surface area contributed by atoms with E-state index in [1.807, 2.05) is 19.1 Å². The molecule has 3 aromatic carbocycles. The van der Waals surface area contributed by atoms with Crippen LogP contribution in [0.15, 0.2) is 54.6 Å². The van der Waals surface area contributed by atoms with Gasteiger partial charge in [-0.1, -0.05) is 40.9 Å². The summed E-state index contributed by atoms with van der Waals surface area (Å²) in [6, 6.07) is 15.0. The van der Waals surface area contributed by atoms with Gasteiger partial charge in [0.2, 0.25) is 5.91 Å². The quantitative estimate of drug-likeness (QED) is 0.251. The lowest BCUT2D eigenvalue weighted by atomic mass is 10.1. The van der Waals surface area contributed by atoms with Gasteiger partial charge in [0.1, 0.15) is 4.33 Å². The molecule has 0 spiro atoms. The SMILES string of the molecule is Cc1ccc2c(N)nn(C(=O)c3cc(NC(=O)[C@H]4[C@H](c5cc(Cl)cc(Cl)c5)C4(Cl)Cl)ccc3Cl)c2c1. The molecular formula is C25H17Cl5N4O2. The first-order valence-corrected chi connectivity index (χ1v) is 12.6. The highest BCUT2D eigenvalue weighted by Gasteiger charge is 2.67. The molecule has 1 saturated carbocycles. The molecule has 0 saturated heterocycles. The van der Waals surface area contributed by atoms with Crippen LogP contribution in [0.3, 0.4) is 0 Å². The molecule has 11 heteroatoms. The summed E-state index contributed by atoms with van der Waals surface area (Å²) in [6.07, 6.45) is 0. The monoisotopic (exact) mass is 580 g/mol. The minimum atomic E-state index is -1.34. The summed E-state index contributed by atoms with van der Waals surface area (Å²) < 4.78 is -0.140. The lowest BCUT2D eigenvalue weighted by Crippen LogP contribution is -2.18. The molecule has 36 heavy (non-hydrogen) atoms. The average molecular weight is 583 g/mol. The van der Waals surface area contributed by atoms with Gasteiger partial charge in [0.15, 0.2) is 5.82 Å². The van der Waals surface area contributed by atoms with Gasteiger partial charge < -0.3 is 11.1 Å². The topological polar surface area (TPSA) is 90.0 Å². The predicted molar refractivity (Wildman–Crippen MR) is 146 cm³/mol. The number of anilines is 2. The number of nitrogens with one attached hydrogen (secondary N) is 1. The summed E-state index contributed by atoms with van der Waals surface area (Å²) in [5, 5.41) is 8.63. The van der Waals surface area contributed by atoms with E-state index >= 15 is 0 Å². The Morgan fingerprint density at radius 1 is 1.00 bits per heavy atom. The van der Waals surface area contributed by atoms with Crippen LogP contribution in [0.5, 0.6) is 0 Å². The molecule has 6 nitrogen and oxygen atoms in total. The number of benzene rings is 3. The first kappa shape index (κ1) is 25.2. The van der Waals surface area contributed by atoms with Gasteiger partial charge in [0.05, 0.1) is 22.0 Å². The number of carbonyl (C=O) groups is 2. The van der Waals surface area contributed by atoms with E-state index in [1.165, 1.54) is 16.8 Å². The van der Waals surface area contributed by atoms with Gasteiger partial charge in [0.25, 0.3) is 5.91 Å². The number of carbonyl (C=O) groups excluding carboxylic acids is 2. The van der Waals surface area contributed by atoms with Gasteiger partial charge in [0, 0.05) is 27.0 Å². The van der Waals surface area contributed by atoms with E-state index in [2.05, 4.69) is 10.4 Å². The molecular weight excluding hydrogens is 566 g/mol. The number of halogens is 5. The summed E-state index contributed by atoms with van der Waals surface area (Å²) in [6.45, 7) is 1.90. The molecule has 1 aromatic heterocycles. The fraction of sp³-hybridized carbons (Fsp3) is 0.160. The van der Waals surface area contributed by atoms with Crippen LogP contribution in [0.25, 0.3) is 10.9 Å². The highest BCUT2D eigenvalue weighted by Crippen LogP contribution is 2.65. The van der Waals surface area contributed by atoms with Crippen LogP contribution < -0.4 is 11.1 Å². The third-order valence-electron chi connectivity index (χ3n) is 6.10. The fourth-order valence-corrected chi connectivity index (χ4v) is 5.90. The molecule has 0 aliphatic heterocycles. The normalized spacial score (nSPS) is 18.3. The van der Waals surface area contributed by atoms with E-state index in [1.54, 1.807) is 30.3 Å².